The molecule has 8 aliphatic carbocycles. The van der Waals surface area contributed by atoms with Crippen molar-refractivity contribution in [3.05, 3.63) is 33.9 Å². The maximum Gasteiger partial charge on any atom is 0.397 e. The van der Waals surface area contributed by atoms with E-state index in [0.717, 1.165) is 70.6 Å². The lowest BCUT2D eigenvalue weighted by atomic mass is 9.42. The average Bonchev–Trinajstić information content (AvgIpc) is 3.89. The van der Waals surface area contributed by atoms with E-state index in [9.17, 15) is 32.8 Å². The molecule has 0 aromatic heterocycles. The van der Waals surface area contributed by atoms with Crippen molar-refractivity contribution >= 4 is 22.3 Å². The van der Waals surface area contributed by atoms with Crippen LogP contribution in [0.2, 0.25) is 0 Å². The van der Waals surface area contributed by atoms with Crippen LogP contribution in [0.25, 0.3) is 0 Å². The Balaban J connectivity index is 0.784. The van der Waals surface area contributed by atoms with Crippen LogP contribution in [-0.2, 0) is 52.6 Å². The van der Waals surface area contributed by atoms with Gasteiger partial charge in [0.05, 0.1) is 42.7 Å². The van der Waals surface area contributed by atoms with Gasteiger partial charge in [-0.05, 0) is 168 Å². The standard InChI is InChI=1S/C62H92O14S/c1-33(40-16-18-42-38-15-20-48-53(5,6)61(65)50(72-35(3)63)29-59(48,31-70-61)44(38)22-24-56(40,42)11)14-21-49-58(13)28-37(55(9,10)76-58)26-46(74-49)34(2)41-17-19-43-39-27-47(75-77(67,68)69)52-54(7,8)62(66)51(73-36(4)64)30-60(52,32-71-62)45(39)23-25-57(41,43)12/h20,33-34,37,40-43,46-47,49-52,65-66H,14-19,21-32H2,1-13H3,(H,67,68,69)/t33-,34+,37-,40-,41-,42+,43+,46-,47+,49+,50+,51+,52?,56-,57-,58-,59+,60+,61-,62-/m1/s1. The number of rotatable bonds is 10. The first-order chi connectivity index (χ1) is 35.7. The van der Waals surface area contributed by atoms with Crippen LogP contribution in [-0.4, -0.2) is 102 Å². The molecule has 6 heterocycles. The first-order valence-electron chi connectivity index (χ1n) is 30.0. The zero-order valence-corrected chi connectivity index (χ0v) is 49.4. The minimum Gasteiger partial charge on any atom is -0.457 e. The molecule has 14 nitrogen and oxygen atoms in total. The van der Waals surface area contributed by atoms with Gasteiger partial charge in [-0.25, -0.2) is 4.18 Å². The predicted molar refractivity (Wildman–Crippen MR) is 285 cm³/mol. The Morgan fingerprint density at radius 2 is 1.39 bits per heavy atom. The van der Waals surface area contributed by atoms with Gasteiger partial charge in [0.2, 0.25) is 11.6 Å². The molecule has 0 aromatic rings. The SMILES string of the molecule is CC(=O)O[C@H]1C[C@@]23CO[C@@]1(O)C(C)(C)C2=CCC1=C3CC[C@]2(C)[C@@H]([C@H](C)CC[C@@H]3O[C@@H]([C@@H](C)[C@H]4CC[C@H]5C6=C(CC[C@]45C)[C@@]45CO[C@](O)([C@@H](OC(C)=O)C4)C(C)(C)C5[C@@H](OS(=O)(=O)O)C6)C[C@@H]4C[C@@]3(C)OC4(C)C)CC[C@@H]12. The van der Waals surface area contributed by atoms with Crippen molar-refractivity contribution in [2.24, 2.45) is 79.8 Å². The van der Waals surface area contributed by atoms with Gasteiger partial charge in [-0.3, -0.25) is 14.1 Å². The van der Waals surface area contributed by atoms with E-state index >= 15 is 0 Å². The fourth-order valence-electron chi connectivity index (χ4n) is 22.1. The number of aliphatic hydroxyl groups is 2. The molecule has 6 aliphatic heterocycles. The molecule has 10 fully saturated rings. The Labute approximate surface area is 458 Å². The Morgan fingerprint density at radius 1 is 0.779 bits per heavy atom. The lowest BCUT2D eigenvalue weighted by Gasteiger charge is -2.70. The Bertz CT molecular complexity index is 2710. The maximum absolute atomic E-state index is 12.7. The van der Waals surface area contributed by atoms with Crippen molar-refractivity contribution in [2.75, 3.05) is 13.2 Å². The minimum atomic E-state index is -4.86. The van der Waals surface area contributed by atoms with Crippen molar-refractivity contribution < 1.29 is 65.4 Å². The third-order valence-electron chi connectivity index (χ3n) is 25.5. The quantitative estimate of drug-likeness (QED) is 0.106. The number of carbonyl (C=O) groups excluding carboxylic acids is 2. The fourth-order valence-corrected chi connectivity index (χ4v) is 22.6. The molecular formula is C62H92O14S. The largest absolute Gasteiger partial charge is 0.457 e. The molecule has 77 heavy (non-hydrogen) atoms. The minimum absolute atomic E-state index is 0.0323. The van der Waals surface area contributed by atoms with E-state index in [4.69, 9.17) is 32.6 Å². The number of ether oxygens (including phenoxy) is 6. The molecule has 14 rings (SSSR count). The second-order valence-electron chi connectivity index (χ2n) is 29.9. The lowest BCUT2D eigenvalue weighted by molar-refractivity contribution is -0.408. The van der Waals surface area contributed by atoms with Crippen LogP contribution in [0, 0.1) is 79.8 Å². The van der Waals surface area contributed by atoms with Crippen LogP contribution in [0.4, 0.5) is 0 Å². The third kappa shape index (κ3) is 7.59. The van der Waals surface area contributed by atoms with Gasteiger partial charge >= 0.3 is 22.3 Å². The molecule has 14 aliphatic rings. The summed E-state index contributed by atoms with van der Waals surface area (Å²) < 4.78 is 80.8. The Hall–Kier alpha value is -2.21. The van der Waals surface area contributed by atoms with Crippen molar-refractivity contribution in [3.8, 4) is 0 Å². The summed E-state index contributed by atoms with van der Waals surface area (Å²) in [5, 5.41) is 24.2. The number of carbonyl (C=O) groups is 2. The summed E-state index contributed by atoms with van der Waals surface area (Å²) in [4.78, 5) is 24.9. The lowest BCUT2D eigenvalue weighted by Crippen LogP contribution is -2.76. The monoisotopic (exact) mass is 1090 g/mol. The normalized spacial score (nSPS) is 49.3. The summed E-state index contributed by atoms with van der Waals surface area (Å²) in [5.74, 6) is -2.25. The van der Waals surface area contributed by atoms with E-state index in [1.54, 1.807) is 5.57 Å². The van der Waals surface area contributed by atoms with E-state index in [2.05, 4.69) is 68.4 Å². The molecule has 1 unspecified atom stereocenters. The summed E-state index contributed by atoms with van der Waals surface area (Å²) in [6, 6.07) is 0. The molecule has 6 bridgehead atoms. The van der Waals surface area contributed by atoms with Crippen molar-refractivity contribution in [1.82, 2.24) is 0 Å². The third-order valence-corrected chi connectivity index (χ3v) is 26.0. The van der Waals surface area contributed by atoms with Crippen LogP contribution in [0.1, 0.15) is 193 Å². The van der Waals surface area contributed by atoms with Crippen LogP contribution in [0.5, 0.6) is 0 Å². The zero-order valence-electron chi connectivity index (χ0n) is 48.6. The average molecular weight is 1090 g/mol. The van der Waals surface area contributed by atoms with Gasteiger partial charge in [0, 0.05) is 54.3 Å². The van der Waals surface area contributed by atoms with Gasteiger partial charge < -0.3 is 38.6 Å². The Kier molecular flexibility index (Phi) is 12.5. The molecule has 20 atom stereocenters. The molecule has 4 saturated carbocycles. The number of fused-ring (bicyclic) bond motifs is 10. The van der Waals surface area contributed by atoms with Crippen LogP contribution in [0.15, 0.2) is 33.9 Å². The van der Waals surface area contributed by atoms with Crippen molar-refractivity contribution in [1.29, 1.82) is 0 Å². The number of esters is 2. The summed E-state index contributed by atoms with van der Waals surface area (Å²) in [6.07, 6.45) is 13.9. The molecule has 430 valence electrons. The van der Waals surface area contributed by atoms with Gasteiger partial charge in [-0.2, -0.15) is 8.42 Å². The summed E-state index contributed by atoms with van der Waals surface area (Å²) in [6.45, 7) is 28.0. The van der Waals surface area contributed by atoms with Crippen molar-refractivity contribution in [3.63, 3.8) is 0 Å². The molecule has 3 N–H and O–H groups in total. The first kappa shape index (κ1) is 55.3. The fraction of sp³-hybridized carbons (Fsp3) is 0.871. The van der Waals surface area contributed by atoms with Gasteiger partial charge in [0.25, 0.3) is 0 Å². The van der Waals surface area contributed by atoms with E-state index in [1.807, 2.05) is 13.8 Å². The van der Waals surface area contributed by atoms with Gasteiger partial charge in [0.1, 0.15) is 0 Å². The van der Waals surface area contributed by atoms with E-state index in [1.165, 1.54) is 49.0 Å². The molecule has 0 amide bonds. The van der Waals surface area contributed by atoms with Gasteiger partial charge in [-0.1, -0.05) is 83.8 Å². The smallest absolute Gasteiger partial charge is 0.397 e. The highest BCUT2D eigenvalue weighted by atomic mass is 32.3. The van der Waals surface area contributed by atoms with E-state index in [0.29, 0.717) is 55.5 Å². The predicted octanol–water partition coefficient (Wildman–Crippen LogP) is 10.7. The van der Waals surface area contributed by atoms with E-state index in [-0.39, 0.29) is 58.5 Å². The molecule has 6 saturated heterocycles. The number of hydrogen-bond donors (Lipinski definition) is 3. The topological polar surface area (TPSA) is 194 Å². The summed E-state index contributed by atoms with van der Waals surface area (Å²) in [7, 11) is -4.86. The molecule has 0 radical (unpaired) electrons. The second kappa shape index (κ2) is 17.4. The number of allylic oxidation sites excluding steroid dienone is 2. The highest BCUT2D eigenvalue weighted by Crippen LogP contribution is 2.74. The molecular weight excluding hydrogens is 1000 g/mol. The summed E-state index contributed by atoms with van der Waals surface area (Å²) in [5.41, 5.74) is 3.21. The van der Waals surface area contributed by atoms with Crippen molar-refractivity contribution in [2.45, 2.75) is 246 Å². The highest BCUT2D eigenvalue weighted by Gasteiger charge is 2.76. The first-order valence-corrected chi connectivity index (χ1v) is 31.3. The molecule has 0 aromatic carbocycles. The second-order valence-corrected chi connectivity index (χ2v) is 31.0. The maximum atomic E-state index is 12.7. The molecule has 15 heteroatoms. The summed E-state index contributed by atoms with van der Waals surface area (Å²) >= 11 is 0. The van der Waals surface area contributed by atoms with Crippen LogP contribution < -0.4 is 0 Å². The highest BCUT2D eigenvalue weighted by molar-refractivity contribution is 7.80. The van der Waals surface area contributed by atoms with Crippen LogP contribution >= 0.6 is 0 Å². The number of hydrogen-bond acceptors (Lipinski definition) is 13. The Morgan fingerprint density at radius 3 is 2.05 bits per heavy atom. The van der Waals surface area contributed by atoms with Gasteiger partial charge in [-0.15, -0.1) is 0 Å². The van der Waals surface area contributed by atoms with Gasteiger partial charge in [0.15, 0.2) is 12.2 Å². The van der Waals surface area contributed by atoms with E-state index < -0.39 is 74.0 Å². The molecule has 2 spiro atoms. The zero-order chi connectivity index (χ0) is 55.4. The van der Waals surface area contributed by atoms with Crippen LogP contribution in [0.3, 0.4) is 0 Å².